The molecular formula is C19H19N5O2. The van der Waals surface area contributed by atoms with Crippen LogP contribution >= 0.6 is 0 Å². The van der Waals surface area contributed by atoms with Gasteiger partial charge < -0.3 is 15.2 Å². The molecule has 0 radical (unpaired) electrons. The molecule has 1 aromatic carbocycles. The summed E-state index contributed by atoms with van der Waals surface area (Å²) in [6.07, 6.45) is 4.94. The van der Waals surface area contributed by atoms with Crippen molar-refractivity contribution in [2.75, 3.05) is 5.32 Å². The molecule has 3 aromatic rings. The quantitative estimate of drug-likeness (QED) is 0.597. The van der Waals surface area contributed by atoms with E-state index in [9.17, 15) is 9.59 Å². The lowest BCUT2D eigenvalue weighted by Crippen LogP contribution is -2.24. The van der Waals surface area contributed by atoms with Crippen LogP contribution in [0.1, 0.15) is 16.1 Å². The highest BCUT2D eigenvalue weighted by Gasteiger charge is 2.17. The van der Waals surface area contributed by atoms with E-state index in [2.05, 4.69) is 34.0 Å². The molecule has 0 unspecified atom stereocenters. The maximum absolute atomic E-state index is 12.5. The van der Waals surface area contributed by atoms with E-state index in [-0.39, 0.29) is 18.0 Å². The fraction of sp³-hybridized carbons (Fsp3) is 0.105. The van der Waals surface area contributed by atoms with E-state index in [1.807, 2.05) is 42.1 Å². The Bertz CT molecular complexity index is 1010. The number of carbonyl (C=O) groups is 2. The number of aromatic nitrogens is 3. The number of aryl methyl sites for hydroxylation is 1. The molecule has 0 aliphatic rings. The highest BCUT2D eigenvalue weighted by molar-refractivity contribution is 6.03. The summed E-state index contributed by atoms with van der Waals surface area (Å²) in [5, 5.41) is 12.7. The normalized spacial score (nSPS) is 10.5. The number of anilines is 1. The van der Waals surface area contributed by atoms with Crippen molar-refractivity contribution < 1.29 is 9.59 Å². The van der Waals surface area contributed by atoms with Crippen LogP contribution in [0.25, 0.3) is 10.9 Å². The zero-order valence-corrected chi connectivity index (χ0v) is 14.4. The smallest absolute Gasteiger partial charge is 0.275 e. The molecule has 7 heteroatoms. The van der Waals surface area contributed by atoms with Crippen molar-refractivity contribution in [3.8, 4) is 0 Å². The maximum Gasteiger partial charge on any atom is 0.275 e. The standard InChI is InChI=1S/C19H19N5O2/c1-4-12(2)21-19(26)18-15(10-20-23-18)22-17(25)9-13-11-24(3)16-8-6-5-7-14(13)16/h4-8,10-11H,1-2,9H2,3H3,(H,20,23)(H,21,26)(H,22,25). The molecule has 0 saturated heterocycles. The molecule has 3 N–H and O–H groups in total. The number of carbonyl (C=O) groups excluding carboxylic acids is 2. The molecule has 2 aromatic heterocycles. The highest BCUT2D eigenvalue weighted by Crippen LogP contribution is 2.21. The third kappa shape index (κ3) is 3.41. The monoisotopic (exact) mass is 349 g/mol. The van der Waals surface area contributed by atoms with Gasteiger partial charge in [-0.2, -0.15) is 5.10 Å². The third-order valence-corrected chi connectivity index (χ3v) is 3.99. The Hall–Kier alpha value is -3.61. The third-order valence-electron chi connectivity index (χ3n) is 3.99. The Morgan fingerprint density at radius 1 is 1.35 bits per heavy atom. The molecule has 2 amide bonds. The summed E-state index contributed by atoms with van der Waals surface area (Å²) in [5.74, 6) is -0.688. The first-order valence-corrected chi connectivity index (χ1v) is 7.98. The topological polar surface area (TPSA) is 91.8 Å². The lowest BCUT2D eigenvalue weighted by molar-refractivity contribution is -0.115. The van der Waals surface area contributed by atoms with Crippen LogP contribution in [0.5, 0.6) is 0 Å². The summed E-state index contributed by atoms with van der Waals surface area (Å²) in [6.45, 7) is 7.15. The maximum atomic E-state index is 12.5. The number of para-hydroxylation sites is 1. The van der Waals surface area contributed by atoms with Crippen LogP contribution in [0.4, 0.5) is 5.69 Å². The van der Waals surface area contributed by atoms with E-state index < -0.39 is 5.91 Å². The van der Waals surface area contributed by atoms with Gasteiger partial charge in [-0.3, -0.25) is 14.7 Å². The number of amides is 2. The molecule has 26 heavy (non-hydrogen) atoms. The number of nitrogens with one attached hydrogen (secondary N) is 3. The molecule has 0 spiro atoms. The molecule has 7 nitrogen and oxygen atoms in total. The largest absolute Gasteiger partial charge is 0.350 e. The Kier molecular flexibility index (Phi) is 4.70. The molecule has 3 rings (SSSR count). The number of allylic oxidation sites excluding steroid dienone is 1. The van der Waals surface area contributed by atoms with Gasteiger partial charge in [-0.1, -0.05) is 31.4 Å². The summed E-state index contributed by atoms with van der Waals surface area (Å²) in [7, 11) is 1.94. The van der Waals surface area contributed by atoms with Crippen LogP contribution in [0.2, 0.25) is 0 Å². The first-order chi connectivity index (χ1) is 12.5. The average molecular weight is 349 g/mol. The van der Waals surface area contributed by atoms with Crippen LogP contribution < -0.4 is 10.6 Å². The van der Waals surface area contributed by atoms with Crippen molar-refractivity contribution in [3.05, 3.63) is 72.8 Å². The molecule has 0 fully saturated rings. The van der Waals surface area contributed by atoms with Gasteiger partial charge in [0.05, 0.1) is 18.3 Å². The number of nitrogens with zero attached hydrogens (tertiary/aromatic N) is 2. The lowest BCUT2D eigenvalue weighted by Gasteiger charge is -2.06. The predicted octanol–water partition coefficient (Wildman–Crippen LogP) is 2.51. The number of hydrogen-bond donors (Lipinski definition) is 3. The molecule has 2 heterocycles. The molecule has 0 atom stereocenters. The number of H-pyrrole nitrogens is 1. The fourth-order valence-electron chi connectivity index (χ4n) is 2.75. The Balaban J connectivity index is 1.75. The number of fused-ring (bicyclic) bond motifs is 1. The SMILES string of the molecule is C=CC(=C)NC(=O)c1[nH]ncc1NC(=O)Cc1cn(C)c2ccccc12. The molecule has 0 saturated carbocycles. The minimum atomic E-state index is -0.451. The van der Waals surface area contributed by atoms with Gasteiger partial charge >= 0.3 is 0 Å². The number of aromatic amines is 1. The Labute approximate surface area is 150 Å². The number of benzene rings is 1. The minimum absolute atomic E-state index is 0.152. The lowest BCUT2D eigenvalue weighted by atomic mass is 10.1. The second kappa shape index (κ2) is 7.10. The van der Waals surface area contributed by atoms with Crippen molar-refractivity contribution in [1.82, 2.24) is 20.1 Å². The van der Waals surface area contributed by atoms with Gasteiger partial charge in [0.1, 0.15) is 5.69 Å². The zero-order chi connectivity index (χ0) is 18.7. The second-order valence-electron chi connectivity index (χ2n) is 5.85. The van der Waals surface area contributed by atoms with Crippen molar-refractivity contribution >= 4 is 28.4 Å². The Morgan fingerprint density at radius 3 is 2.88 bits per heavy atom. The van der Waals surface area contributed by atoms with Crippen LogP contribution in [-0.4, -0.2) is 26.6 Å². The summed E-state index contributed by atoms with van der Waals surface area (Å²) in [6, 6.07) is 7.88. The van der Waals surface area contributed by atoms with Crippen LogP contribution in [0, 0.1) is 0 Å². The molecule has 132 valence electrons. The average Bonchev–Trinajstić information content (AvgIpc) is 3.20. The van der Waals surface area contributed by atoms with Gasteiger partial charge in [0.2, 0.25) is 5.91 Å². The van der Waals surface area contributed by atoms with Gasteiger partial charge in [-0.25, -0.2) is 0 Å². The fourth-order valence-corrected chi connectivity index (χ4v) is 2.75. The van der Waals surface area contributed by atoms with Crippen LogP contribution in [0.15, 0.2) is 61.6 Å². The molecular weight excluding hydrogens is 330 g/mol. The van der Waals surface area contributed by atoms with Gasteiger partial charge in [0.15, 0.2) is 0 Å². The summed E-state index contributed by atoms with van der Waals surface area (Å²) < 4.78 is 1.98. The van der Waals surface area contributed by atoms with Crippen molar-refractivity contribution in [3.63, 3.8) is 0 Å². The van der Waals surface area contributed by atoms with Crippen LogP contribution in [-0.2, 0) is 18.3 Å². The Morgan fingerprint density at radius 2 is 2.12 bits per heavy atom. The highest BCUT2D eigenvalue weighted by atomic mass is 16.2. The second-order valence-corrected chi connectivity index (χ2v) is 5.85. The first-order valence-electron chi connectivity index (χ1n) is 7.98. The summed E-state index contributed by atoms with van der Waals surface area (Å²) >= 11 is 0. The summed E-state index contributed by atoms with van der Waals surface area (Å²) in [4.78, 5) is 24.6. The zero-order valence-electron chi connectivity index (χ0n) is 14.4. The number of hydrogen-bond acceptors (Lipinski definition) is 3. The van der Waals surface area contributed by atoms with E-state index in [1.165, 1.54) is 12.3 Å². The van der Waals surface area contributed by atoms with E-state index in [0.717, 1.165) is 16.5 Å². The summed E-state index contributed by atoms with van der Waals surface area (Å²) in [5.41, 5.74) is 2.79. The van der Waals surface area contributed by atoms with E-state index in [4.69, 9.17) is 0 Å². The van der Waals surface area contributed by atoms with Gasteiger partial charge in [0.25, 0.3) is 5.91 Å². The van der Waals surface area contributed by atoms with Gasteiger partial charge in [0, 0.05) is 29.8 Å². The van der Waals surface area contributed by atoms with Crippen molar-refractivity contribution in [2.24, 2.45) is 7.05 Å². The van der Waals surface area contributed by atoms with E-state index >= 15 is 0 Å². The van der Waals surface area contributed by atoms with Crippen molar-refractivity contribution in [1.29, 1.82) is 0 Å². The van der Waals surface area contributed by atoms with E-state index in [1.54, 1.807) is 0 Å². The first kappa shape index (κ1) is 17.2. The minimum Gasteiger partial charge on any atom is -0.350 e. The van der Waals surface area contributed by atoms with E-state index in [0.29, 0.717) is 11.4 Å². The van der Waals surface area contributed by atoms with Gasteiger partial charge in [-0.05, 0) is 17.7 Å². The molecule has 0 aliphatic carbocycles. The molecule has 0 bridgehead atoms. The van der Waals surface area contributed by atoms with Crippen molar-refractivity contribution in [2.45, 2.75) is 6.42 Å². The van der Waals surface area contributed by atoms with Crippen LogP contribution in [0.3, 0.4) is 0 Å². The predicted molar refractivity (Wildman–Crippen MR) is 101 cm³/mol. The number of rotatable bonds is 6. The molecule has 0 aliphatic heterocycles. The van der Waals surface area contributed by atoms with Gasteiger partial charge in [-0.15, -0.1) is 0 Å².